The third kappa shape index (κ3) is 12.3. The fourth-order valence-electron chi connectivity index (χ4n) is 3.84. The molecule has 0 bridgehead atoms. The highest BCUT2D eigenvalue weighted by Gasteiger charge is 2.29. The van der Waals surface area contributed by atoms with E-state index in [2.05, 4.69) is 38.3 Å². The highest BCUT2D eigenvalue weighted by molar-refractivity contribution is 5.87. The molecule has 2 unspecified atom stereocenters. The van der Waals surface area contributed by atoms with Crippen molar-refractivity contribution in [3.63, 3.8) is 0 Å². The SMILES string of the molecule is CC(C)CCNC(CC(C)C)C(=O)NC(Cc1ccc(OCc2ccccc2)cc1)C(=O)OC(C)(C)C. The van der Waals surface area contributed by atoms with Crippen molar-refractivity contribution in [1.82, 2.24) is 10.6 Å². The fourth-order valence-corrected chi connectivity index (χ4v) is 3.84. The summed E-state index contributed by atoms with van der Waals surface area (Å²) in [6, 6.07) is 16.5. The minimum absolute atomic E-state index is 0.170. The Labute approximate surface area is 223 Å². The molecule has 0 aliphatic carbocycles. The van der Waals surface area contributed by atoms with Gasteiger partial charge in [0.05, 0.1) is 6.04 Å². The van der Waals surface area contributed by atoms with Crippen LogP contribution in [0.1, 0.15) is 72.4 Å². The standard InChI is InChI=1S/C31H46N2O4/c1-22(2)17-18-32-27(19-23(3)4)29(34)33-28(30(35)37-31(5,6)7)20-24-13-15-26(16-14-24)36-21-25-11-9-8-10-12-25/h8-16,22-23,27-28,32H,17-21H2,1-7H3,(H,33,34). The first-order valence-corrected chi connectivity index (χ1v) is 13.4. The van der Waals surface area contributed by atoms with Crippen LogP contribution < -0.4 is 15.4 Å². The molecule has 0 radical (unpaired) electrons. The average molecular weight is 511 g/mol. The fraction of sp³-hybridized carbons (Fsp3) is 0.548. The Balaban J connectivity index is 2.10. The van der Waals surface area contributed by atoms with Crippen LogP contribution in [0.15, 0.2) is 54.6 Å². The third-order valence-electron chi connectivity index (χ3n) is 5.76. The van der Waals surface area contributed by atoms with Crippen LogP contribution in [0, 0.1) is 11.8 Å². The van der Waals surface area contributed by atoms with E-state index >= 15 is 0 Å². The van der Waals surface area contributed by atoms with Gasteiger partial charge in [-0.05, 0) is 75.3 Å². The molecule has 2 rings (SSSR count). The Morgan fingerprint density at radius 3 is 2.05 bits per heavy atom. The lowest BCUT2D eigenvalue weighted by atomic mass is 10.0. The molecule has 204 valence electrons. The highest BCUT2D eigenvalue weighted by Crippen LogP contribution is 2.17. The van der Waals surface area contributed by atoms with Gasteiger partial charge >= 0.3 is 5.97 Å². The molecule has 2 aromatic carbocycles. The van der Waals surface area contributed by atoms with Crippen molar-refractivity contribution in [2.45, 2.75) is 92.0 Å². The molecule has 2 atom stereocenters. The molecule has 0 saturated heterocycles. The lowest BCUT2D eigenvalue weighted by Gasteiger charge is -2.27. The molecule has 0 heterocycles. The summed E-state index contributed by atoms with van der Waals surface area (Å²) in [7, 11) is 0. The van der Waals surface area contributed by atoms with Gasteiger partial charge in [-0.2, -0.15) is 0 Å². The van der Waals surface area contributed by atoms with Crippen LogP contribution >= 0.6 is 0 Å². The normalized spacial score (nSPS) is 13.3. The molecule has 0 spiro atoms. The molecule has 6 nitrogen and oxygen atoms in total. The molecule has 6 heteroatoms. The summed E-state index contributed by atoms with van der Waals surface area (Å²) in [6.07, 6.45) is 2.01. The van der Waals surface area contributed by atoms with Crippen LogP contribution in [0.2, 0.25) is 0 Å². The predicted octanol–water partition coefficient (Wildman–Crippen LogP) is 5.69. The largest absolute Gasteiger partial charge is 0.489 e. The van der Waals surface area contributed by atoms with Gasteiger partial charge in [0.1, 0.15) is 24.0 Å². The van der Waals surface area contributed by atoms with Crippen LogP contribution in [-0.4, -0.2) is 36.1 Å². The second kappa shape index (κ2) is 14.8. The summed E-state index contributed by atoms with van der Waals surface area (Å²) in [4.78, 5) is 26.4. The highest BCUT2D eigenvalue weighted by atomic mass is 16.6. The molecule has 0 aliphatic rings. The van der Waals surface area contributed by atoms with E-state index in [0.717, 1.165) is 29.8 Å². The summed E-state index contributed by atoms with van der Waals surface area (Å²) < 4.78 is 11.5. The number of hydrogen-bond acceptors (Lipinski definition) is 5. The Morgan fingerprint density at radius 1 is 0.838 bits per heavy atom. The number of carbonyl (C=O) groups excluding carboxylic acids is 2. The lowest BCUT2D eigenvalue weighted by molar-refractivity contribution is -0.158. The number of ether oxygens (including phenoxy) is 2. The quantitative estimate of drug-likeness (QED) is 0.320. The first-order valence-electron chi connectivity index (χ1n) is 13.4. The molecule has 0 saturated carbocycles. The third-order valence-corrected chi connectivity index (χ3v) is 5.76. The predicted molar refractivity (Wildman–Crippen MR) is 149 cm³/mol. The summed E-state index contributed by atoms with van der Waals surface area (Å²) in [5.74, 6) is 1.03. The van der Waals surface area contributed by atoms with Gasteiger partial charge in [0.25, 0.3) is 0 Å². The van der Waals surface area contributed by atoms with Gasteiger partial charge in [-0.3, -0.25) is 4.79 Å². The summed E-state index contributed by atoms with van der Waals surface area (Å²) in [5.41, 5.74) is 1.36. The first kappa shape index (κ1) is 30.4. The van der Waals surface area contributed by atoms with Crippen molar-refractivity contribution >= 4 is 11.9 Å². The van der Waals surface area contributed by atoms with E-state index < -0.39 is 17.6 Å². The van der Waals surface area contributed by atoms with Gasteiger partial charge in [-0.1, -0.05) is 70.2 Å². The summed E-state index contributed by atoms with van der Waals surface area (Å²) in [6.45, 7) is 15.2. The van der Waals surface area contributed by atoms with Crippen LogP contribution in [0.3, 0.4) is 0 Å². The van der Waals surface area contributed by atoms with Crippen molar-refractivity contribution in [2.24, 2.45) is 11.8 Å². The molecular weight excluding hydrogens is 464 g/mol. The summed E-state index contributed by atoms with van der Waals surface area (Å²) >= 11 is 0. The minimum Gasteiger partial charge on any atom is -0.489 e. The zero-order valence-corrected chi connectivity index (χ0v) is 23.7. The molecule has 0 fully saturated rings. The second-order valence-electron chi connectivity index (χ2n) is 11.5. The molecule has 1 amide bonds. The van der Waals surface area contributed by atoms with Crippen molar-refractivity contribution in [3.05, 3.63) is 65.7 Å². The number of rotatable bonds is 14. The van der Waals surface area contributed by atoms with E-state index in [1.165, 1.54) is 0 Å². The van der Waals surface area contributed by atoms with Gasteiger partial charge in [0, 0.05) is 6.42 Å². The maximum Gasteiger partial charge on any atom is 0.329 e. The zero-order chi connectivity index (χ0) is 27.4. The average Bonchev–Trinajstić information content (AvgIpc) is 2.81. The number of carbonyl (C=O) groups is 2. The number of nitrogens with one attached hydrogen (secondary N) is 2. The number of hydrogen-bond donors (Lipinski definition) is 2. The van der Waals surface area contributed by atoms with E-state index in [4.69, 9.17) is 9.47 Å². The molecule has 0 aliphatic heterocycles. The van der Waals surface area contributed by atoms with Gasteiger partial charge in [0.15, 0.2) is 0 Å². The number of esters is 1. The zero-order valence-electron chi connectivity index (χ0n) is 23.7. The molecule has 0 aromatic heterocycles. The molecule has 2 aromatic rings. The Bertz CT molecular complexity index is 949. The topological polar surface area (TPSA) is 76.7 Å². The van der Waals surface area contributed by atoms with Gasteiger partial charge in [-0.15, -0.1) is 0 Å². The molecular formula is C31H46N2O4. The maximum atomic E-state index is 13.3. The maximum absolute atomic E-state index is 13.3. The monoisotopic (exact) mass is 510 g/mol. The second-order valence-corrected chi connectivity index (χ2v) is 11.5. The van der Waals surface area contributed by atoms with Crippen LogP contribution in [0.25, 0.3) is 0 Å². The van der Waals surface area contributed by atoms with E-state index in [9.17, 15) is 9.59 Å². The molecule has 37 heavy (non-hydrogen) atoms. The van der Waals surface area contributed by atoms with Crippen LogP contribution in [0.5, 0.6) is 5.75 Å². The smallest absolute Gasteiger partial charge is 0.329 e. The minimum atomic E-state index is -0.788. The van der Waals surface area contributed by atoms with E-state index in [1.807, 2.05) is 75.4 Å². The van der Waals surface area contributed by atoms with Crippen molar-refractivity contribution < 1.29 is 19.1 Å². The van der Waals surface area contributed by atoms with Gasteiger partial charge < -0.3 is 20.1 Å². The van der Waals surface area contributed by atoms with Crippen molar-refractivity contribution in [3.8, 4) is 5.75 Å². The van der Waals surface area contributed by atoms with E-state index in [-0.39, 0.29) is 11.9 Å². The molecule has 2 N–H and O–H groups in total. The Kier molecular flexibility index (Phi) is 12.1. The Hall–Kier alpha value is -2.86. The van der Waals surface area contributed by atoms with Crippen molar-refractivity contribution in [2.75, 3.05) is 6.54 Å². The number of amides is 1. The number of benzene rings is 2. The van der Waals surface area contributed by atoms with Gasteiger partial charge in [0.2, 0.25) is 5.91 Å². The van der Waals surface area contributed by atoms with Gasteiger partial charge in [-0.25, -0.2) is 4.79 Å². The van der Waals surface area contributed by atoms with E-state index in [1.54, 1.807) is 0 Å². The first-order chi connectivity index (χ1) is 17.4. The van der Waals surface area contributed by atoms with Crippen LogP contribution in [-0.2, 0) is 27.4 Å². The Morgan fingerprint density at radius 2 is 1.49 bits per heavy atom. The van der Waals surface area contributed by atoms with E-state index in [0.29, 0.717) is 31.3 Å². The van der Waals surface area contributed by atoms with Crippen molar-refractivity contribution in [1.29, 1.82) is 0 Å². The van der Waals surface area contributed by atoms with Crippen LogP contribution in [0.4, 0.5) is 0 Å². The lowest BCUT2D eigenvalue weighted by Crippen LogP contribution is -2.52. The summed E-state index contributed by atoms with van der Waals surface area (Å²) in [5, 5.41) is 6.38.